The van der Waals surface area contributed by atoms with E-state index in [9.17, 15) is 0 Å². The highest BCUT2D eigenvalue weighted by Gasteiger charge is 2.06. The lowest BCUT2D eigenvalue weighted by atomic mass is 10.2. The Hall–Kier alpha value is -1.55. The van der Waals surface area contributed by atoms with E-state index in [0.29, 0.717) is 12.3 Å². The van der Waals surface area contributed by atoms with Crippen molar-refractivity contribution in [3.63, 3.8) is 0 Å². The summed E-state index contributed by atoms with van der Waals surface area (Å²) in [7, 11) is 1.62. The maximum atomic E-state index is 5.48. The average Bonchev–Trinajstić information content (AvgIpc) is 2.59. The summed E-state index contributed by atoms with van der Waals surface area (Å²) in [5.41, 5.74) is 6.28. The fraction of sp³-hybridized carbons (Fsp3) is 0.222. The molecule has 0 saturated carbocycles. The lowest BCUT2D eigenvalue weighted by Crippen LogP contribution is -1.94. The zero-order chi connectivity index (χ0) is 9.26. The van der Waals surface area contributed by atoms with E-state index in [-0.39, 0.29) is 0 Å². The van der Waals surface area contributed by atoms with E-state index in [2.05, 4.69) is 5.16 Å². The van der Waals surface area contributed by atoms with E-state index in [1.807, 2.05) is 18.2 Å². The Morgan fingerprint density at radius 2 is 2.38 bits per heavy atom. The number of hydrogen-bond donors (Lipinski definition) is 1. The number of hydrogen-bond acceptors (Lipinski definition) is 4. The Balaban J connectivity index is 2.64. The molecule has 1 aromatic heterocycles. The first-order valence-corrected chi connectivity index (χ1v) is 3.97. The third-order valence-electron chi connectivity index (χ3n) is 1.94. The SMILES string of the molecule is COc1ccc2noc(CN)c2c1. The molecule has 0 radical (unpaired) electrons. The summed E-state index contributed by atoms with van der Waals surface area (Å²) in [6, 6.07) is 5.55. The summed E-state index contributed by atoms with van der Waals surface area (Å²) in [6.45, 7) is 0.351. The zero-order valence-electron chi connectivity index (χ0n) is 7.28. The monoisotopic (exact) mass is 178 g/mol. The molecule has 0 fully saturated rings. The molecule has 0 aliphatic carbocycles. The van der Waals surface area contributed by atoms with Crippen LogP contribution < -0.4 is 10.5 Å². The van der Waals surface area contributed by atoms with Crippen LogP contribution in [-0.4, -0.2) is 12.3 Å². The molecule has 0 aliphatic rings. The van der Waals surface area contributed by atoms with Crippen LogP contribution >= 0.6 is 0 Å². The number of nitrogens with two attached hydrogens (primary N) is 1. The lowest BCUT2D eigenvalue weighted by Gasteiger charge is -1.97. The van der Waals surface area contributed by atoms with E-state index in [1.165, 1.54) is 0 Å². The van der Waals surface area contributed by atoms with Crippen molar-refractivity contribution in [1.29, 1.82) is 0 Å². The van der Waals surface area contributed by atoms with Gasteiger partial charge in [0.2, 0.25) is 0 Å². The molecule has 0 amide bonds. The maximum Gasteiger partial charge on any atom is 0.158 e. The summed E-state index contributed by atoms with van der Waals surface area (Å²) >= 11 is 0. The molecule has 4 nitrogen and oxygen atoms in total. The molecule has 0 aliphatic heterocycles. The Morgan fingerprint density at radius 3 is 3.08 bits per heavy atom. The first-order chi connectivity index (χ1) is 6.35. The van der Waals surface area contributed by atoms with Crippen LogP contribution in [0, 0.1) is 0 Å². The van der Waals surface area contributed by atoms with Crippen molar-refractivity contribution in [3.05, 3.63) is 24.0 Å². The van der Waals surface area contributed by atoms with Gasteiger partial charge in [-0.3, -0.25) is 0 Å². The van der Waals surface area contributed by atoms with Crippen LogP contribution in [0.1, 0.15) is 5.76 Å². The third-order valence-corrected chi connectivity index (χ3v) is 1.94. The van der Waals surface area contributed by atoms with Gasteiger partial charge in [0.15, 0.2) is 5.76 Å². The van der Waals surface area contributed by atoms with Crippen molar-refractivity contribution in [3.8, 4) is 5.75 Å². The van der Waals surface area contributed by atoms with Gasteiger partial charge in [0.25, 0.3) is 0 Å². The number of methoxy groups -OCH3 is 1. The Kier molecular flexibility index (Phi) is 1.90. The van der Waals surface area contributed by atoms with E-state index in [1.54, 1.807) is 7.11 Å². The molecule has 2 rings (SSSR count). The molecular formula is C9H10N2O2. The van der Waals surface area contributed by atoms with Crippen LogP contribution in [0.3, 0.4) is 0 Å². The Bertz CT molecular complexity index is 422. The minimum absolute atomic E-state index is 0.351. The van der Waals surface area contributed by atoms with Crippen LogP contribution in [0.5, 0.6) is 5.75 Å². The summed E-state index contributed by atoms with van der Waals surface area (Å²) < 4.78 is 10.1. The molecule has 2 aromatic rings. The zero-order valence-corrected chi connectivity index (χ0v) is 7.28. The van der Waals surface area contributed by atoms with Gasteiger partial charge in [0, 0.05) is 5.39 Å². The van der Waals surface area contributed by atoms with Gasteiger partial charge in [-0.25, -0.2) is 0 Å². The van der Waals surface area contributed by atoms with Crippen molar-refractivity contribution >= 4 is 10.9 Å². The van der Waals surface area contributed by atoms with E-state index < -0.39 is 0 Å². The van der Waals surface area contributed by atoms with Crippen molar-refractivity contribution in [2.24, 2.45) is 5.73 Å². The van der Waals surface area contributed by atoms with E-state index in [0.717, 1.165) is 16.7 Å². The highest BCUT2D eigenvalue weighted by atomic mass is 16.5. The van der Waals surface area contributed by atoms with Crippen LogP contribution in [0.25, 0.3) is 10.9 Å². The standard InChI is InChI=1S/C9H10N2O2/c1-12-6-2-3-8-7(4-6)9(5-10)13-11-8/h2-4H,5,10H2,1H3. The molecule has 0 unspecified atom stereocenters. The molecule has 0 spiro atoms. The fourth-order valence-corrected chi connectivity index (χ4v) is 1.25. The Morgan fingerprint density at radius 1 is 1.54 bits per heavy atom. The van der Waals surface area contributed by atoms with Crippen molar-refractivity contribution in [1.82, 2.24) is 5.16 Å². The molecule has 68 valence electrons. The minimum atomic E-state index is 0.351. The van der Waals surface area contributed by atoms with Gasteiger partial charge in [-0.1, -0.05) is 5.16 Å². The number of benzene rings is 1. The van der Waals surface area contributed by atoms with E-state index >= 15 is 0 Å². The van der Waals surface area contributed by atoms with Crippen LogP contribution in [0.4, 0.5) is 0 Å². The average molecular weight is 178 g/mol. The van der Waals surface area contributed by atoms with Gasteiger partial charge in [0.05, 0.1) is 13.7 Å². The molecule has 0 atom stereocenters. The molecule has 1 aromatic carbocycles. The van der Waals surface area contributed by atoms with Gasteiger partial charge >= 0.3 is 0 Å². The topological polar surface area (TPSA) is 61.3 Å². The highest BCUT2D eigenvalue weighted by Crippen LogP contribution is 2.22. The molecule has 13 heavy (non-hydrogen) atoms. The Labute approximate surface area is 75.3 Å². The minimum Gasteiger partial charge on any atom is -0.497 e. The predicted octanol–water partition coefficient (Wildman–Crippen LogP) is 1.30. The van der Waals surface area contributed by atoms with E-state index in [4.69, 9.17) is 15.0 Å². The second-order valence-electron chi connectivity index (χ2n) is 2.69. The summed E-state index contributed by atoms with van der Waals surface area (Å²) in [5.74, 6) is 1.47. The fourth-order valence-electron chi connectivity index (χ4n) is 1.25. The normalized spacial score (nSPS) is 10.6. The van der Waals surface area contributed by atoms with Gasteiger partial charge in [-0.2, -0.15) is 0 Å². The van der Waals surface area contributed by atoms with Crippen molar-refractivity contribution in [2.45, 2.75) is 6.54 Å². The quantitative estimate of drug-likeness (QED) is 0.752. The molecule has 0 bridgehead atoms. The summed E-state index contributed by atoms with van der Waals surface area (Å²) in [4.78, 5) is 0. The van der Waals surface area contributed by atoms with Gasteiger partial charge in [-0.15, -0.1) is 0 Å². The number of ether oxygens (including phenoxy) is 1. The molecule has 4 heteroatoms. The largest absolute Gasteiger partial charge is 0.497 e. The maximum absolute atomic E-state index is 5.48. The smallest absolute Gasteiger partial charge is 0.158 e. The van der Waals surface area contributed by atoms with Crippen LogP contribution in [0.2, 0.25) is 0 Å². The predicted molar refractivity (Wildman–Crippen MR) is 48.5 cm³/mol. The second kappa shape index (κ2) is 3.06. The number of nitrogens with zero attached hydrogens (tertiary/aromatic N) is 1. The third kappa shape index (κ3) is 1.25. The molecule has 0 saturated heterocycles. The molecule has 1 heterocycles. The molecular weight excluding hydrogens is 168 g/mol. The second-order valence-corrected chi connectivity index (χ2v) is 2.69. The van der Waals surface area contributed by atoms with Crippen LogP contribution in [-0.2, 0) is 6.54 Å². The van der Waals surface area contributed by atoms with Crippen molar-refractivity contribution < 1.29 is 9.26 Å². The first-order valence-electron chi connectivity index (χ1n) is 3.97. The van der Waals surface area contributed by atoms with Crippen molar-refractivity contribution in [2.75, 3.05) is 7.11 Å². The first kappa shape index (κ1) is 8.07. The van der Waals surface area contributed by atoms with Gasteiger partial charge in [-0.05, 0) is 18.2 Å². The lowest BCUT2D eigenvalue weighted by molar-refractivity contribution is 0.392. The molecule has 2 N–H and O–H groups in total. The van der Waals surface area contributed by atoms with Gasteiger partial charge in [0.1, 0.15) is 11.3 Å². The number of rotatable bonds is 2. The summed E-state index contributed by atoms with van der Waals surface area (Å²) in [5, 5.41) is 4.77. The van der Waals surface area contributed by atoms with Gasteiger partial charge < -0.3 is 15.0 Å². The van der Waals surface area contributed by atoms with Crippen LogP contribution in [0.15, 0.2) is 22.7 Å². The highest BCUT2D eigenvalue weighted by molar-refractivity contribution is 5.81. The summed E-state index contributed by atoms with van der Waals surface area (Å²) in [6.07, 6.45) is 0. The number of fused-ring (bicyclic) bond motifs is 1. The number of aromatic nitrogens is 1.